The van der Waals surface area contributed by atoms with E-state index in [-0.39, 0.29) is 96.8 Å². The fourth-order valence-electron chi connectivity index (χ4n) is 10.8. The number of carbonyl (C=O) groups excluding carboxylic acids is 2. The van der Waals surface area contributed by atoms with E-state index in [1.54, 1.807) is 21.3 Å². The van der Waals surface area contributed by atoms with Crippen molar-refractivity contribution in [2.75, 3.05) is 35.4 Å². The van der Waals surface area contributed by atoms with E-state index in [1.807, 2.05) is 13.8 Å². The lowest BCUT2D eigenvalue weighted by Crippen LogP contribution is -2.59. The predicted octanol–water partition coefficient (Wildman–Crippen LogP) is 5.88. The molecule has 3 aliphatic heterocycles. The lowest BCUT2D eigenvalue weighted by atomic mass is 9.67. The van der Waals surface area contributed by atoms with Gasteiger partial charge in [-0.05, 0) is 115 Å². The number of fused-ring (bicyclic) bond motifs is 5. The smallest absolute Gasteiger partial charge is 0.306 e. The maximum atomic E-state index is 14.7. The number of Topliss-reactive ketones (excluding diaryl/α,β-unsaturated/α-hetero) is 1. The van der Waals surface area contributed by atoms with Gasteiger partial charge in [0.2, 0.25) is 0 Å². The molecule has 300 valence electrons. The number of cyclic esters (lactones) is 1. The van der Waals surface area contributed by atoms with Crippen LogP contribution in [0, 0.1) is 35.5 Å². The summed E-state index contributed by atoms with van der Waals surface area (Å²) in [6.07, 6.45) is 8.58. The minimum Gasteiger partial charge on any atom is -0.462 e. The Balaban J connectivity index is 1.23. The van der Waals surface area contributed by atoms with Gasteiger partial charge in [0.15, 0.2) is 18.4 Å². The van der Waals surface area contributed by atoms with E-state index < -0.39 is 12.4 Å². The quantitative estimate of drug-likeness (QED) is 0.209. The highest BCUT2D eigenvalue weighted by Crippen LogP contribution is 2.56. The van der Waals surface area contributed by atoms with Gasteiger partial charge in [0.25, 0.3) is 0 Å². The highest BCUT2D eigenvalue weighted by atomic mass is 16.7. The van der Waals surface area contributed by atoms with Crippen molar-refractivity contribution in [3.63, 3.8) is 0 Å². The number of carbonyl (C=O) groups is 2. The van der Waals surface area contributed by atoms with Gasteiger partial charge in [-0.15, -0.1) is 0 Å². The predicted molar refractivity (Wildman–Crippen MR) is 199 cm³/mol. The zero-order valence-corrected chi connectivity index (χ0v) is 33.9. The first-order valence-corrected chi connectivity index (χ1v) is 20.4. The molecule has 53 heavy (non-hydrogen) atoms. The Morgan fingerprint density at radius 1 is 0.811 bits per heavy atom. The van der Waals surface area contributed by atoms with Crippen molar-refractivity contribution < 1.29 is 47.5 Å². The molecule has 0 amide bonds. The van der Waals surface area contributed by atoms with Crippen LogP contribution in [0.1, 0.15) is 92.4 Å². The second-order valence-corrected chi connectivity index (χ2v) is 17.0. The Hall–Kier alpha value is -1.70. The second kappa shape index (κ2) is 17.6. The molecule has 0 aromatic heterocycles. The summed E-state index contributed by atoms with van der Waals surface area (Å²) in [5, 5.41) is 0. The molecule has 6 aliphatic rings. The topological polar surface area (TPSA) is 111 Å². The lowest BCUT2D eigenvalue weighted by Gasteiger charge is -2.44. The summed E-state index contributed by atoms with van der Waals surface area (Å²) in [5.41, 5.74) is 2.07. The third kappa shape index (κ3) is 8.53. The first-order valence-electron chi connectivity index (χ1n) is 20.4. The fourth-order valence-corrected chi connectivity index (χ4v) is 10.8. The first kappa shape index (κ1) is 40.9. The summed E-state index contributed by atoms with van der Waals surface area (Å²) < 4.78 is 49.8. The number of nitrogens with zero attached hydrogens (tertiary/aromatic N) is 1. The van der Waals surface area contributed by atoms with E-state index in [0.717, 1.165) is 50.5 Å². The Labute approximate surface area is 317 Å². The molecular weight excluding hydrogens is 678 g/mol. The average molecular weight is 746 g/mol. The number of esters is 1. The normalized spacial score (nSPS) is 45.3. The van der Waals surface area contributed by atoms with Crippen molar-refractivity contribution >= 4 is 11.8 Å². The monoisotopic (exact) mass is 745 g/mol. The Morgan fingerprint density at radius 3 is 2.21 bits per heavy atom. The number of ether oxygens (including phenoxy) is 8. The first-order chi connectivity index (χ1) is 25.4. The maximum absolute atomic E-state index is 14.7. The van der Waals surface area contributed by atoms with Crippen molar-refractivity contribution in [2.24, 2.45) is 35.5 Å². The zero-order chi connectivity index (χ0) is 38.1. The highest BCUT2D eigenvalue weighted by Gasteiger charge is 2.53. The molecule has 4 fully saturated rings. The molecule has 0 N–H and O–H groups in total. The van der Waals surface area contributed by atoms with Crippen molar-refractivity contribution in [3.05, 3.63) is 23.3 Å². The molecule has 6 rings (SSSR count). The van der Waals surface area contributed by atoms with E-state index in [1.165, 1.54) is 5.57 Å². The molecule has 3 heterocycles. The van der Waals surface area contributed by atoms with Gasteiger partial charge < -0.3 is 42.8 Å². The summed E-state index contributed by atoms with van der Waals surface area (Å²) in [6, 6.07) is 0.337. The molecule has 17 atom stereocenters. The molecule has 0 spiro atoms. The van der Waals surface area contributed by atoms with Crippen molar-refractivity contribution in [1.82, 2.24) is 4.90 Å². The molecule has 0 bridgehead atoms. The summed E-state index contributed by atoms with van der Waals surface area (Å²) in [6.45, 7) is 10.4. The van der Waals surface area contributed by atoms with E-state index in [4.69, 9.17) is 37.9 Å². The number of ketones is 1. The molecule has 11 nitrogen and oxygen atoms in total. The van der Waals surface area contributed by atoms with Gasteiger partial charge in [-0.3, -0.25) is 9.59 Å². The van der Waals surface area contributed by atoms with Crippen molar-refractivity contribution in [3.8, 4) is 0 Å². The van der Waals surface area contributed by atoms with Crippen LogP contribution < -0.4 is 0 Å². The summed E-state index contributed by atoms with van der Waals surface area (Å²) >= 11 is 0. The Morgan fingerprint density at radius 2 is 1.55 bits per heavy atom. The second-order valence-electron chi connectivity index (χ2n) is 17.0. The van der Waals surface area contributed by atoms with Crippen molar-refractivity contribution in [1.29, 1.82) is 0 Å². The largest absolute Gasteiger partial charge is 0.462 e. The van der Waals surface area contributed by atoms with Gasteiger partial charge in [-0.1, -0.05) is 31.6 Å². The summed E-state index contributed by atoms with van der Waals surface area (Å²) in [7, 11) is 9.16. The van der Waals surface area contributed by atoms with Gasteiger partial charge in [-0.25, -0.2) is 0 Å². The van der Waals surface area contributed by atoms with Crippen LogP contribution in [0.3, 0.4) is 0 Å². The van der Waals surface area contributed by atoms with Crippen LogP contribution >= 0.6 is 0 Å². The Bertz CT molecular complexity index is 1330. The standard InChI is InChI=1S/C42H67NO10/c1-11-26-13-12-14-35(53-37-16-15-34(43(6)7)24(4)49-37)23(3)38(45)33-20-31-29(32(33)21-36(44)51-26)17-22(2)28-18-27(19-30(28)31)52-42-41(48-10)40(47-9)39(46-8)25(5)50-42/h17,20,23-32,34-35,37,39-42H,11-16,18-19,21H2,1-10H3/t23-,24+,25+,26+,27-,28+,29-,30-,31-,32+,34+,35+,37+,39+,40-,41-,42+/m1/s1. The maximum Gasteiger partial charge on any atom is 0.306 e. The van der Waals surface area contributed by atoms with Crippen LogP contribution in [-0.4, -0.2) is 120 Å². The van der Waals surface area contributed by atoms with Crippen LogP contribution in [-0.2, 0) is 47.5 Å². The number of allylic oxidation sites excluding steroid dienone is 4. The molecule has 0 aromatic rings. The fraction of sp³-hybridized carbons (Fsp3) is 0.857. The number of rotatable bonds is 9. The van der Waals surface area contributed by atoms with E-state index >= 15 is 0 Å². The van der Waals surface area contributed by atoms with Gasteiger partial charge in [0.1, 0.15) is 24.4 Å². The van der Waals surface area contributed by atoms with Crippen LogP contribution in [0.2, 0.25) is 0 Å². The molecule has 3 saturated heterocycles. The van der Waals surface area contributed by atoms with Gasteiger partial charge in [0, 0.05) is 39.2 Å². The highest BCUT2D eigenvalue weighted by molar-refractivity contribution is 5.99. The van der Waals surface area contributed by atoms with Crippen LogP contribution in [0.15, 0.2) is 23.3 Å². The average Bonchev–Trinajstić information content (AvgIpc) is 3.71. The SMILES string of the molecule is CC[C@H]1CCC[C@H](O[C@H]2CC[C@H](N(C)C)[C@H](C)O2)[C@@H](C)C(=O)C2=C[C@@H]3[C@@H](C=C(C)[C@@H]4C[C@@H](O[C@@H]5O[C@@H](C)[C@H](OC)[C@@H](OC)[C@H]5OC)C[C@@H]34)[C@@H]2CC(=O)O1. The molecule has 0 aromatic carbocycles. The van der Waals surface area contributed by atoms with Gasteiger partial charge >= 0.3 is 5.97 Å². The van der Waals surface area contributed by atoms with Gasteiger partial charge in [0.05, 0.1) is 30.8 Å². The van der Waals surface area contributed by atoms with E-state index in [9.17, 15) is 9.59 Å². The number of methoxy groups -OCH3 is 3. The van der Waals surface area contributed by atoms with Gasteiger partial charge in [-0.2, -0.15) is 0 Å². The minimum atomic E-state index is -0.598. The summed E-state index contributed by atoms with van der Waals surface area (Å²) in [4.78, 5) is 30.5. The van der Waals surface area contributed by atoms with Crippen LogP contribution in [0.25, 0.3) is 0 Å². The number of likely N-dealkylation sites (N-methyl/N-ethyl adjacent to an activating group) is 1. The Kier molecular flexibility index (Phi) is 13.6. The molecule has 11 heteroatoms. The third-order valence-corrected chi connectivity index (χ3v) is 13.7. The molecule has 3 aliphatic carbocycles. The third-order valence-electron chi connectivity index (χ3n) is 13.7. The molecule has 1 saturated carbocycles. The number of hydrogen-bond acceptors (Lipinski definition) is 11. The zero-order valence-electron chi connectivity index (χ0n) is 33.9. The van der Waals surface area contributed by atoms with Crippen LogP contribution in [0.4, 0.5) is 0 Å². The molecule has 0 unspecified atom stereocenters. The van der Waals surface area contributed by atoms with E-state index in [0.29, 0.717) is 18.4 Å². The molecular formula is C42H67NO10. The minimum absolute atomic E-state index is 0.0364. The van der Waals surface area contributed by atoms with E-state index in [2.05, 4.69) is 51.9 Å². The van der Waals surface area contributed by atoms with Crippen molar-refractivity contribution in [2.45, 2.75) is 160 Å². The lowest BCUT2D eigenvalue weighted by molar-refractivity contribution is -0.314. The number of hydrogen-bond donors (Lipinski definition) is 0. The summed E-state index contributed by atoms with van der Waals surface area (Å²) in [5.74, 6) is 0.00947. The van der Waals surface area contributed by atoms with Crippen LogP contribution in [0.5, 0.6) is 0 Å². The molecule has 0 radical (unpaired) electrons.